The van der Waals surface area contributed by atoms with Crippen LogP contribution in [-0.2, 0) is 4.84 Å². The number of pyridine rings is 1. The van der Waals surface area contributed by atoms with Gasteiger partial charge in [0.25, 0.3) is 4.92 Å². The van der Waals surface area contributed by atoms with Crippen molar-refractivity contribution in [1.82, 2.24) is 4.98 Å². The Kier molecular flexibility index (Phi) is 3.40. The molecule has 0 aliphatic heterocycles. The molecule has 76 valence electrons. The molecule has 0 aliphatic carbocycles. The molecule has 0 fully saturated rings. The van der Waals surface area contributed by atoms with Gasteiger partial charge in [-0.2, -0.15) is 0 Å². The summed E-state index contributed by atoms with van der Waals surface area (Å²) in [5, 5.41) is 2.83. The number of nitrogens with zero attached hydrogens (tertiary/aromatic N) is 2. The molecular weight excluding hydrogens is 250 g/mol. The van der Waals surface area contributed by atoms with Gasteiger partial charge in [0, 0.05) is 17.6 Å². The molecule has 1 heterocycles. The molecule has 0 unspecified atom stereocenters. The molecule has 1 rings (SSSR count). The van der Waals surface area contributed by atoms with Crippen LogP contribution in [0.4, 0.5) is 11.5 Å². The van der Waals surface area contributed by atoms with Gasteiger partial charge in [0.15, 0.2) is 7.11 Å². The third-order valence-electron chi connectivity index (χ3n) is 1.73. The topological polar surface area (TPSA) is 54.2 Å². The summed E-state index contributed by atoms with van der Waals surface area (Å²) in [7, 11) is 3.00. The Morgan fingerprint density at radius 2 is 2.29 bits per heavy atom. The molecule has 5 nitrogen and oxygen atoms in total. The minimum absolute atomic E-state index is 0.340. The van der Waals surface area contributed by atoms with Crippen molar-refractivity contribution < 1.29 is 9.76 Å². The highest BCUT2D eigenvalue weighted by Crippen LogP contribution is 2.27. The van der Waals surface area contributed by atoms with Crippen LogP contribution in [0.15, 0.2) is 10.5 Å². The van der Waals surface area contributed by atoms with Crippen LogP contribution < -0.4 is 5.32 Å². The third-order valence-corrected chi connectivity index (χ3v) is 2.53. The molecule has 0 atom stereocenters. The Morgan fingerprint density at radius 1 is 1.64 bits per heavy atom. The zero-order chi connectivity index (χ0) is 10.7. The molecule has 0 saturated heterocycles. The smallest absolute Gasteiger partial charge is 0.359 e. The number of hydrogen-bond acceptors (Lipinski definition) is 4. The van der Waals surface area contributed by atoms with Gasteiger partial charge in [-0.3, -0.25) is 0 Å². The molecule has 0 saturated carbocycles. The number of rotatable bonds is 3. The number of aromatic nitrogens is 1. The molecule has 1 N–H and O–H groups in total. The lowest BCUT2D eigenvalue weighted by Gasteiger charge is -2.02. The van der Waals surface area contributed by atoms with E-state index in [9.17, 15) is 4.91 Å². The zero-order valence-corrected chi connectivity index (χ0v) is 9.75. The highest BCUT2D eigenvalue weighted by atomic mass is 79.9. The van der Waals surface area contributed by atoms with E-state index in [1.165, 1.54) is 7.11 Å². The van der Waals surface area contributed by atoms with Gasteiger partial charge in [-0.1, -0.05) is 0 Å². The first kappa shape index (κ1) is 10.9. The van der Waals surface area contributed by atoms with Crippen molar-refractivity contribution >= 4 is 27.4 Å². The number of anilines is 1. The fourth-order valence-electron chi connectivity index (χ4n) is 0.993. The van der Waals surface area contributed by atoms with Crippen LogP contribution in [0, 0.1) is 11.8 Å². The van der Waals surface area contributed by atoms with Crippen LogP contribution in [0.25, 0.3) is 0 Å². The maximum absolute atomic E-state index is 11.3. The van der Waals surface area contributed by atoms with E-state index in [2.05, 4.69) is 31.1 Å². The summed E-state index contributed by atoms with van der Waals surface area (Å²) in [6.07, 6.45) is 0. The van der Waals surface area contributed by atoms with E-state index < -0.39 is 0 Å². The molecule has 1 aromatic heterocycles. The average molecular weight is 261 g/mol. The fraction of sp³-hybridized carbons (Fsp3) is 0.375. The van der Waals surface area contributed by atoms with Crippen molar-refractivity contribution in [3.8, 4) is 0 Å². The minimum atomic E-state index is 0.340. The maximum atomic E-state index is 11.3. The Balaban J connectivity index is 3.27. The second-order valence-electron chi connectivity index (χ2n) is 2.61. The lowest BCUT2D eigenvalue weighted by molar-refractivity contribution is -0.736. The van der Waals surface area contributed by atoms with E-state index in [4.69, 9.17) is 0 Å². The number of aryl methyl sites for hydroxylation is 1. The van der Waals surface area contributed by atoms with Gasteiger partial charge < -0.3 is 5.32 Å². The highest BCUT2D eigenvalue weighted by molar-refractivity contribution is 9.10. The summed E-state index contributed by atoms with van der Waals surface area (Å²) in [5.74, 6) is 0.488. The van der Waals surface area contributed by atoms with Gasteiger partial charge >= 0.3 is 5.69 Å². The molecule has 0 bridgehead atoms. The molecule has 0 spiro atoms. The SMILES string of the molecule is CNc1nc(C)c(Br)cc1[N+](=O)OC. The van der Waals surface area contributed by atoms with Gasteiger partial charge in [0.2, 0.25) is 5.82 Å². The van der Waals surface area contributed by atoms with Crippen LogP contribution in [0.2, 0.25) is 0 Å². The van der Waals surface area contributed by atoms with Gasteiger partial charge in [-0.25, -0.2) is 9.82 Å². The first-order valence-electron chi connectivity index (χ1n) is 3.96. The Labute approximate surface area is 90.1 Å². The van der Waals surface area contributed by atoms with E-state index in [0.29, 0.717) is 16.4 Å². The van der Waals surface area contributed by atoms with Crippen LogP contribution in [0.5, 0.6) is 0 Å². The monoisotopic (exact) mass is 260 g/mol. The number of nitrogens with one attached hydrogen (secondary N) is 1. The predicted molar refractivity (Wildman–Crippen MR) is 56.5 cm³/mol. The largest absolute Gasteiger partial charge is 0.367 e. The maximum Gasteiger partial charge on any atom is 0.359 e. The van der Waals surface area contributed by atoms with Crippen molar-refractivity contribution in [3.63, 3.8) is 0 Å². The third kappa shape index (κ3) is 2.01. The van der Waals surface area contributed by atoms with Crippen LogP contribution in [0.1, 0.15) is 5.69 Å². The Morgan fingerprint density at radius 3 is 2.79 bits per heavy atom. The summed E-state index contributed by atoms with van der Waals surface area (Å²) < 4.78 is 0.768. The summed E-state index contributed by atoms with van der Waals surface area (Å²) in [5.41, 5.74) is 1.15. The fourth-order valence-corrected chi connectivity index (χ4v) is 1.30. The first-order chi connectivity index (χ1) is 6.60. The molecule has 6 heteroatoms. The van der Waals surface area contributed by atoms with E-state index in [1.54, 1.807) is 13.1 Å². The molecule has 14 heavy (non-hydrogen) atoms. The van der Waals surface area contributed by atoms with Crippen LogP contribution >= 0.6 is 15.9 Å². The molecule has 0 aromatic carbocycles. The highest BCUT2D eigenvalue weighted by Gasteiger charge is 2.22. The molecule has 0 amide bonds. The number of halogens is 1. The van der Waals surface area contributed by atoms with Crippen LogP contribution in [-0.4, -0.2) is 24.1 Å². The number of hydrogen-bond donors (Lipinski definition) is 1. The summed E-state index contributed by atoms with van der Waals surface area (Å²) in [6.45, 7) is 1.84. The lowest BCUT2D eigenvalue weighted by Crippen LogP contribution is -2.05. The summed E-state index contributed by atoms with van der Waals surface area (Å²) >= 11 is 3.30. The normalized spacial score (nSPS) is 9.71. The lowest BCUT2D eigenvalue weighted by atomic mass is 10.3. The first-order valence-corrected chi connectivity index (χ1v) is 4.75. The van der Waals surface area contributed by atoms with Crippen LogP contribution in [0.3, 0.4) is 0 Å². The summed E-state index contributed by atoms with van der Waals surface area (Å²) in [4.78, 5) is 20.4. The van der Waals surface area contributed by atoms with Crippen molar-refractivity contribution in [3.05, 3.63) is 21.1 Å². The molecule has 0 aliphatic rings. The van der Waals surface area contributed by atoms with Crippen molar-refractivity contribution in [2.45, 2.75) is 6.92 Å². The predicted octanol–water partition coefficient (Wildman–Crippen LogP) is 2.17. The van der Waals surface area contributed by atoms with E-state index >= 15 is 0 Å². The molecular formula is C8H11BrN3O2+. The van der Waals surface area contributed by atoms with Gasteiger partial charge in [-0.05, 0) is 22.9 Å². The second kappa shape index (κ2) is 4.36. The van der Waals surface area contributed by atoms with Gasteiger partial charge in [-0.15, -0.1) is 0 Å². The van der Waals surface area contributed by atoms with E-state index in [-0.39, 0.29) is 0 Å². The standard InChI is InChI=1S/C8H11BrN3O2/c1-5-6(9)4-7(12(13)14-3)8(10-2)11-5/h4H,1-3H3,(H,10,11)/q+1. The minimum Gasteiger partial charge on any atom is -0.367 e. The summed E-state index contributed by atoms with van der Waals surface area (Å²) in [6, 6.07) is 1.66. The second-order valence-corrected chi connectivity index (χ2v) is 3.47. The average Bonchev–Trinajstić information content (AvgIpc) is 2.20. The Bertz CT molecular complexity index is 368. The quantitative estimate of drug-likeness (QED) is 0.847. The van der Waals surface area contributed by atoms with Crippen molar-refractivity contribution in [2.24, 2.45) is 0 Å². The van der Waals surface area contributed by atoms with E-state index in [0.717, 1.165) is 10.2 Å². The van der Waals surface area contributed by atoms with E-state index in [1.807, 2.05) is 6.92 Å². The molecule has 1 aromatic rings. The van der Waals surface area contributed by atoms with Crippen molar-refractivity contribution in [1.29, 1.82) is 0 Å². The Hall–Kier alpha value is -1.17. The van der Waals surface area contributed by atoms with Gasteiger partial charge in [0.05, 0.1) is 10.6 Å². The zero-order valence-electron chi connectivity index (χ0n) is 8.17. The van der Waals surface area contributed by atoms with Gasteiger partial charge in [0.1, 0.15) is 0 Å². The van der Waals surface area contributed by atoms with Crippen molar-refractivity contribution in [2.75, 3.05) is 19.5 Å². The molecule has 0 radical (unpaired) electrons.